The minimum Gasteiger partial charge on any atom is -0.472 e. The van der Waals surface area contributed by atoms with Gasteiger partial charge in [0.2, 0.25) is 5.28 Å². The normalized spacial score (nSPS) is 19.2. The van der Waals surface area contributed by atoms with Crippen LogP contribution in [0.5, 0.6) is 5.88 Å². The van der Waals surface area contributed by atoms with Gasteiger partial charge in [-0.3, -0.25) is 14.8 Å². The Morgan fingerprint density at radius 1 is 1.52 bits per heavy atom. The highest BCUT2D eigenvalue weighted by Gasteiger charge is 2.34. The Balaban J connectivity index is 1.62. The van der Waals surface area contributed by atoms with Crippen LogP contribution in [0, 0.1) is 17.0 Å². The molecule has 0 bridgehead atoms. The maximum atomic E-state index is 11.5. The van der Waals surface area contributed by atoms with E-state index in [9.17, 15) is 15.2 Å². The van der Waals surface area contributed by atoms with Crippen LogP contribution in [0.3, 0.4) is 0 Å². The van der Waals surface area contributed by atoms with Crippen LogP contribution in [0.25, 0.3) is 0 Å². The Bertz CT molecular complexity index is 880. The van der Waals surface area contributed by atoms with Crippen molar-refractivity contribution >= 4 is 34.7 Å². The zero-order valence-electron chi connectivity index (χ0n) is 15.5. The van der Waals surface area contributed by atoms with Crippen LogP contribution in [0.4, 0.5) is 11.5 Å². The summed E-state index contributed by atoms with van der Waals surface area (Å²) in [5, 5.41) is 29.3. The topological polar surface area (TPSA) is 137 Å². The van der Waals surface area contributed by atoms with E-state index in [1.165, 1.54) is 10.9 Å². The molecule has 158 valence electrons. The molecule has 0 amide bonds. The second kappa shape index (κ2) is 9.53. The van der Waals surface area contributed by atoms with E-state index in [0.29, 0.717) is 42.5 Å². The summed E-state index contributed by atoms with van der Waals surface area (Å²) in [7, 11) is 0. The Kier molecular flexibility index (Phi) is 7.06. The van der Waals surface area contributed by atoms with Crippen molar-refractivity contribution in [1.29, 1.82) is 0 Å². The molecular formula is C16H20Cl2N6O5. The number of nitrogens with one attached hydrogen (secondary N) is 1. The third kappa shape index (κ3) is 5.04. The van der Waals surface area contributed by atoms with E-state index in [4.69, 9.17) is 32.7 Å². The molecule has 2 atom stereocenters. The molecule has 3 heterocycles. The number of aliphatic hydroxyl groups is 1. The zero-order chi connectivity index (χ0) is 21.0. The number of rotatable bonds is 8. The molecule has 0 aliphatic carbocycles. The van der Waals surface area contributed by atoms with Crippen molar-refractivity contribution in [1.82, 2.24) is 19.7 Å². The number of hydrogen-bond donors (Lipinski definition) is 2. The Labute approximate surface area is 176 Å². The molecule has 2 aromatic heterocycles. The molecule has 2 aromatic rings. The first-order chi connectivity index (χ1) is 13.9. The molecule has 2 N–H and O–H groups in total. The van der Waals surface area contributed by atoms with E-state index in [0.717, 1.165) is 0 Å². The second-order valence-electron chi connectivity index (χ2n) is 6.40. The van der Waals surface area contributed by atoms with Gasteiger partial charge >= 0.3 is 11.6 Å². The highest BCUT2D eigenvalue weighted by molar-refractivity contribution is 6.33. The van der Waals surface area contributed by atoms with Crippen LogP contribution >= 0.6 is 23.2 Å². The molecule has 29 heavy (non-hydrogen) atoms. The predicted octanol–water partition coefficient (Wildman–Crippen LogP) is 2.40. The molecule has 0 saturated carbocycles. The summed E-state index contributed by atoms with van der Waals surface area (Å²) >= 11 is 11.7. The van der Waals surface area contributed by atoms with E-state index >= 15 is 0 Å². The fourth-order valence-electron chi connectivity index (χ4n) is 2.98. The van der Waals surface area contributed by atoms with E-state index in [2.05, 4.69) is 20.4 Å². The van der Waals surface area contributed by atoms with Crippen molar-refractivity contribution in [3.05, 3.63) is 32.3 Å². The van der Waals surface area contributed by atoms with Gasteiger partial charge in [0.15, 0.2) is 0 Å². The molecule has 1 fully saturated rings. The number of halogens is 2. The van der Waals surface area contributed by atoms with Gasteiger partial charge in [0.25, 0.3) is 0 Å². The van der Waals surface area contributed by atoms with Gasteiger partial charge < -0.3 is 19.9 Å². The summed E-state index contributed by atoms with van der Waals surface area (Å²) in [5.41, 5.74) is 0.0847. The number of aliphatic hydroxyl groups excluding tert-OH is 1. The van der Waals surface area contributed by atoms with Crippen LogP contribution in [-0.4, -0.2) is 62.2 Å². The molecule has 1 aliphatic rings. The number of aromatic nitrogens is 4. The summed E-state index contributed by atoms with van der Waals surface area (Å²) in [6.45, 7) is 2.85. The van der Waals surface area contributed by atoms with E-state index in [-0.39, 0.29) is 30.1 Å². The van der Waals surface area contributed by atoms with Crippen LogP contribution in [0.15, 0.2) is 6.20 Å². The lowest BCUT2D eigenvalue weighted by molar-refractivity contribution is -0.386. The predicted molar refractivity (Wildman–Crippen MR) is 105 cm³/mol. The van der Waals surface area contributed by atoms with Gasteiger partial charge in [0.1, 0.15) is 22.6 Å². The monoisotopic (exact) mass is 446 g/mol. The summed E-state index contributed by atoms with van der Waals surface area (Å²) < 4.78 is 12.3. The van der Waals surface area contributed by atoms with Gasteiger partial charge in [-0.1, -0.05) is 11.6 Å². The molecule has 0 spiro atoms. The average Bonchev–Trinajstić information content (AvgIpc) is 3.01. The van der Waals surface area contributed by atoms with Gasteiger partial charge in [0, 0.05) is 13.2 Å². The lowest BCUT2D eigenvalue weighted by Gasteiger charge is -2.28. The summed E-state index contributed by atoms with van der Waals surface area (Å²) in [6.07, 6.45) is 1.63. The van der Waals surface area contributed by atoms with Gasteiger partial charge in [0.05, 0.1) is 30.4 Å². The average molecular weight is 447 g/mol. The number of ether oxygens (including phenoxy) is 2. The Morgan fingerprint density at radius 3 is 3.03 bits per heavy atom. The van der Waals surface area contributed by atoms with Gasteiger partial charge in [-0.2, -0.15) is 4.98 Å². The van der Waals surface area contributed by atoms with Crippen molar-refractivity contribution in [2.75, 3.05) is 31.7 Å². The van der Waals surface area contributed by atoms with Gasteiger partial charge in [-0.25, -0.2) is 4.98 Å². The third-order valence-corrected chi connectivity index (χ3v) is 4.90. The van der Waals surface area contributed by atoms with Crippen molar-refractivity contribution in [2.24, 2.45) is 0 Å². The minimum atomic E-state index is -0.691. The summed E-state index contributed by atoms with van der Waals surface area (Å²) in [5.74, 6) is 0.303. The molecule has 0 aromatic carbocycles. The van der Waals surface area contributed by atoms with E-state index < -0.39 is 17.1 Å². The van der Waals surface area contributed by atoms with E-state index in [1.54, 1.807) is 6.92 Å². The van der Waals surface area contributed by atoms with Crippen LogP contribution in [0.2, 0.25) is 10.3 Å². The third-order valence-electron chi connectivity index (χ3n) is 4.44. The summed E-state index contributed by atoms with van der Waals surface area (Å²) in [4.78, 5) is 18.7. The van der Waals surface area contributed by atoms with E-state index in [1.807, 2.05) is 0 Å². The lowest BCUT2D eigenvalue weighted by atomic mass is 10.1. The largest absolute Gasteiger partial charge is 0.472 e. The fourth-order valence-corrected chi connectivity index (χ4v) is 3.27. The first-order valence-corrected chi connectivity index (χ1v) is 9.68. The lowest BCUT2D eigenvalue weighted by Crippen LogP contribution is -2.35. The zero-order valence-corrected chi connectivity index (χ0v) is 17.1. The highest BCUT2D eigenvalue weighted by atomic mass is 35.5. The van der Waals surface area contributed by atoms with Crippen LogP contribution < -0.4 is 10.1 Å². The number of nitro groups is 1. The summed E-state index contributed by atoms with van der Waals surface area (Å²) in [6, 6.07) is -0.494. The van der Waals surface area contributed by atoms with Gasteiger partial charge in [-0.15, -0.1) is 5.10 Å². The molecule has 11 nitrogen and oxygen atoms in total. The van der Waals surface area contributed by atoms with Crippen LogP contribution in [-0.2, 0) is 4.74 Å². The first-order valence-electron chi connectivity index (χ1n) is 8.92. The Morgan fingerprint density at radius 2 is 2.31 bits per heavy atom. The first kappa shape index (κ1) is 21.5. The van der Waals surface area contributed by atoms with Crippen LogP contribution in [0.1, 0.15) is 24.6 Å². The fraction of sp³-hybridized carbons (Fsp3) is 0.562. The molecule has 2 unspecified atom stereocenters. The number of anilines is 1. The molecule has 13 heteroatoms. The quantitative estimate of drug-likeness (QED) is 0.270. The number of hydrogen-bond acceptors (Lipinski definition) is 9. The smallest absolute Gasteiger partial charge is 0.352 e. The maximum absolute atomic E-state index is 11.5. The maximum Gasteiger partial charge on any atom is 0.352 e. The highest BCUT2D eigenvalue weighted by Crippen LogP contribution is 2.33. The van der Waals surface area contributed by atoms with Crippen molar-refractivity contribution in [2.45, 2.75) is 31.9 Å². The van der Waals surface area contributed by atoms with Crippen molar-refractivity contribution in [3.8, 4) is 5.88 Å². The molecular weight excluding hydrogens is 427 g/mol. The van der Waals surface area contributed by atoms with Crippen molar-refractivity contribution < 1.29 is 19.5 Å². The SMILES string of the molecule is Cc1c([N+](=O)[O-])c(OCCCNc2nc(Cl)ncc2Cl)nn1C1COCCC1O. The van der Waals surface area contributed by atoms with Crippen molar-refractivity contribution in [3.63, 3.8) is 0 Å². The molecule has 0 radical (unpaired) electrons. The van der Waals surface area contributed by atoms with Gasteiger partial charge in [-0.05, 0) is 31.4 Å². The molecule has 1 aliphatic heterocycles. The number of nitrogens with zero attached hydrogens (tertiary/aromatic N) is 5. The minimum absolute atomic E-state index is 0.0682. The molecule has 1 saturated heterocycles. The Hall–Kier alpha value is -2.21. The molecule has 3 rings (SSSR count). The second-order valence-corrected chi connectivity index (χ2v) is 7.15. The standard InChI is InChI=1S/C16H20Cl2N6O5/c1-9-13(24(26)27)15(22-23(9)11-8-28-6-3-12(11)25)29-5-2-4-19-14-10(17)7-20-16(18)21-14/h7,11-12,25H,2-6,8H2,1H3,(H,19,20,21).